The molecule has 0 aromatic heterocycles. The molecule has 0 aliphatic heterocycles. The summed E-state index contributed by atoms with van der Waals surface area (Å²) in [4.78, 5) is 10.2. The van der Waals surface area contributed by atoms with Gasteiger partial charge in [-0.25, -0.2) is 0 Å². The van der Waals surface area contributed by atoms with Crippen molar-refractivity contribution in [2.75, 3.05) is 0 Å². The lowest BCUT2D eigenvalue weighted by molar-refractivity contribution is 0.266. The van der Waals surface area contributed by atoms with Crippen molar-refractivity contribution >= 4 is 17.0 Å². The van der Waals surface area contributed by atoms with Crippen LogP contribution in [0.5, 0.6) is 0 Å². The third kappa shape index (κ3) is 2.71. The number of thioether (sulfide) groups is 1. The Labute approximate surface area is 70.9 Å². The number of amides is 1. The van der Waals surface area contributed by atoms with E-state index < -0.39 is 0 Å². The van der Waals surface area contributed by atoms with E-state index in [1.165, 1.54) is 6.42 Å². The Morgan fingerprint density at radius 1 is 1.27 bits per heavy atom. The molecule has 0 unspecified atom stereocenters. The molecule has 0 atom stereocenters. The Morgan fingerprint density at radius 2 is 1.82 bits per heavy atom. The van der Waals surface area contributed by atoms with E-state index in [9.17, 15) is 4.79 Å². The Morgan fingerprint density at radius 3 is 2.27 bits per heavy atom. The maximum absolute atomic E-state index is 10.6. The summed E-state index contributed by atoms with van der Waals surface area (Å²) in [6.45, 7) is 0. The molecule has 64 valence electrons. The first-order valence-electron chi connectivity index (χ1n) is 3.90. The summed E-state index contributed by atoms with van der Waals surface area (Å²) in [5.41, 5.74) is 11.0. The highest BCUT2D eigenvalue weighted by molar-refractivity contribution is 8.14. The number of primary amides is 1. The molecule has 4 N–H and O–H groups in total. The van der Waals surface area contributed by atoms with Crippen molar-refractivity contribution in [2.45, 2.75) is 37.0 Å². The van der Waals surface area contributed by atoms with Gasteiger partial charge in [0.1, 0.15) is 0 Å². The zero-order chi connectivity index (χ0) is 8.32. The van der Waals surface area contributed by atoms with Crippen molar-refractivity contribution in [3.05, 3.63) is 0 Å². The lowest BCUT2D eigenvalue weighted by atomic mass is 9.96. The van der Waals surface area contributed by atoms with Crippen molar-refractivity contribution in [1.29, 1.82) is 0 Å². The highest BCUT2D eigenvalue weighted by atomic mass is 32.2. The van der Waals surface area contributed by atoms with Crippen molar-refractivity contribution in [3.63, 3.8) is 0 Å². The summed E-state index contributed by atoms with van der Waals surface area (Å²) in [6.07, 6.45) is 5.31. The summed E-state index contributed by atoms with van der Waals surface area (Å²) >= 11 is 1.09. The van der Waals surface area contributed by atoms with E-state index in [-0.39, 0.29) is 10.1 Å². The van der Waals surface area contributed by atoms with Crippen LogP contribution >= 0.6 is 11.8 Å². The molecule has 4 heteroatoms. The molecule has 1 rings (SSSR count). The molecule has 0 spiro atoms. The summed E-state index contributed by atoms with van der Waals surface area (Å²) < 4.78 is 0. The van der Waals surface area contributed by atoms with Crippen LogP contribution in [0.25, 0.3) is 0 Å². The number of hydrogen-bond acceptors (Lipinski definition) is 3. The van der Waals surface area contributed by atoms with Crippen LogP contribution in [0, 0.1) is 0 Å². The molecule has 0 saturated heterocycles. The van der Waals surface area contributed by atoms with Crippen molar-refractivity contribution in [2.24, 2.45) is 11.5 Å². The van der Waals surface area contributed by atoms with Crippen LogP contribution in [0.4, 0.5) is 4.79 Å². The van der Waals surface area contributed by atoms with Crippen LogP contribution in [-0.2, 0) is 0 Å². The molecular formula is C7H14N2OS. The van der Waals surface area contributed by atoms with Crippen molar-refractivity contribution in [1.82, 2.24) is 0 Å². The Balaban J connectivity index is 2.43. The second-order valence-electron chi connectivity index (χ2n) is 3.05. The van der Waals surface area contributed by atoms with Crippen molar-refractivity contribution in [3.8, 4) is 0 Å². The average Bonchev–Trinajstić information content (AvgIpc) is 1.85. The molecule has 3 nitrogen and oxygen atoms in total. The third-order valence-electron chi connectivity index (χ3n) is 2.00. The van der Waals surface area contributed by atoms with Crippen LogP contribution in [-0.4, -0.2) is 10.1 Å². The lowest BCUT2D eigenvalue weighted by Crippen LogP contribution is -2.39. The molecular weight excluding hydrogens is 160 g/mol. The van der Waals surface area contributed by atoms with Gasteiger partial charge in [-0.2, -0.15) is 0 Å². The second-order valence-corrected chi connectivity index (χ2v) is 4.47. The van der Waals surface area contributed by atoms with Gasteiger partial charge in [0.25, 0.3) is 5.24 Å². The standard InChI is InChI=1S/C7H14N2OS/c8-6(10)11-7(9)4-2-1-3-5-7/h1-5,9H2,(H2,8,10). The van der Waals surface area contributed by atoms with E-state index in [2.05, 4.69) is 0 Å². The molecule has 0 aromatic rings. The fourth-order valence-corrected chi connectivity index (χ4v) is 2.35. The number of carbonyl (C=O) groups excluding carboxylic acids is 1. The first-order chi connectivity index (χ1) is 5.12. The van der Waals surface area contributed by atoms with Gasteiger partial charge >= 0.3 is 0 Å². The molecule has 1 aliphatic carbocycles. The molecule has 0 bridgehead atoms. The third-order valence-corrected chi connectivity index (χ3v) is 3.02. The fraction of sp³-hybridized carbons (Fsp3) is 0.857. The van der Waals surface area contributed by atoms with Gasteiger partial charge in [0.05, 0.1) is 4.87 Å². The van der Waals surface area contributed by atoms with Crippen LogP contribution in [0.2, 0.25) is 0 Å². The largest absolute Gasteiger partial charge is 0.360 e. The zero-order valence-corrected chi connectivity index (χ0v) is 7.32. The Bertz CT molecular complexity index is 155. The van der Waals surface area contributed by atoms with E-state index in [0.717, 1.165) is 37.4 Å². The van der Waals surface area contributed by atoms with E-state index in [4.69, 9.17) is 11.5 Å². The molecule has 1 aliphatic rings. The van der Waals surface area contributed by atoms with Crippen LogP contribution in [0.3, 0.4) is 0 Å². The van der Waals surface area contributed by atoms with Gasteiger partial charge in [-0.1, -0.05) is 19.3 Å². The predicted molar refractivity (Wildman–Crippen MR) is 47.2 cm³/mol. The topological polar surface area (TPSA) is 69.1 Å². The van der Waals surface area contributed by atoms with Crippen LogP contribution in [0.1, 0.15) is 32.1 Å². The number of hydrogen-bond donors (Lipinski definition) is 2. The molecule has 0 aromatic carbocycles. The van der Waals surface area contributed by atoms with E-state index in [1.54, 1.807) is 0 Å². The molecule has 11 heavy (non-hydrogen) atoms. The van der Waals surface area contributed by atoms with E-state index >= 15 is 0 Å². The van der Waals surface area contributed by atoms with E-state index in [1.807, 2.05) is 0 Å². The Kier molecular flexibility index (Phi) is 2.78. The van der Waals surface area contributed by atoms with Gasteiger partial charge in [0.2, 0.25) is 0 Å². The summed E-state index contributed by atoms with van der Waals surface area (Å²) in [5.74, 6) is 0. The van der Waals surface area contributed by atoms with Gasteiger partial charge in [0, 0.05) is 0 Å². The molecule has 1 saturated carbocycles. The first-order valence-corrected chi connectivity index (χ1v) is 4.71. The van der Waals surface area contributed by atoms with E-state index in [0.29, 0.717) is 0 Å². The molecule has 1 fully saturated rings. The molecule has 0 heterocycles. The SMILES string of the molecule is NC(=O)SC1(N)CCCCC1. The molecule has 0 radical (unpaired) electrons. The predicted octanol–water partition coefficient (Wildman–Crippen LogP) is 1.42. The monoisotopic (exact) mass is 174 g/mol. The summed E-state index contributed by atoms with van der Waals surface area (Å²) in [5, 5.41) is -0.352. The summed E-state index contributed by atoms with van der Waals surface area (Å²) in [6, 6.07) is 0. The smallest absolute Gasteiger partial charge is 0.278 e. The van der Waals surface area contributed by atoms with Gasteiger partial charge in [-0.3, -0.25) is 4.79 Å². The quantitative estimate of drug-likeness (QED) is 0.591. The highest BCUT2D eigenvalue weighted by Gasteiger charge is 2.29. The fourth-order valence-electron chi connectivity index (χ4n) is 1.45. The van der Waals surface area contributed by atoms with Crippen LogP contribution in [0.15, 0.2) is 0 Å². The maximum Gasteiger partial charge on any atom is 0.278 e. The number of carbonyl (C=O) groups is 1. The first kappa shape index (κ1) is 8.87. The average molecular weight is 174 g/mol. The van der Waals surface area contributed by atoms with Gasteiger partial charge < -0.3 is 11.5 Å². The minimum Gasteiger partial charge on any atom is -0.360 e. The Hall–Kier alpha value is -0.220. The zero-order valence-electron chi connectivity index (χ0n) is 6.51. The normalized spacial score (nSPS) is 23.0. The lowest BCUT2D eigenvalue weighted by Gasteiger charge is -2.30. The van der Waals surface area contributed by atoms with Crippen molar-refractivity contribution < 1.29 is 4.79 Å². The minimum absolute atomic E-state index is 0.352. The van der Waals surface area contributed by atoms with Gasteiger partial charge in [-0.05, 0) is 24.6 Å². The number of nitrogens with two attached hydrogens (primary N) is 2. The number of rotatable bonds is 1. The highest BCUT2D eigenvalue weighted by Crippen LogP contribution is 2.34. The van der Waals surface area contributed by atoms with Gasteiger partial charge in [0.15, 0.2) is 0 Å². The molecule has 1 amide bonds. The maximum atomic E-state index is 10.6. The summed E-state index contributed by atoms with van der Waals surface area (Å²) in [7, 11) is 0. The van der Waals surface area contributed by atoms with Gasteiger partial charge in [-0.15, -0.1) is 0 Å². The van der Waals surface area contributed by atoms with Crippen LogP contribution < -0.4 is 11.5 Å². The minimum atomic E-state index is -0.357. The second kappa shape index (κ2) is 3.45.